The average molecular weight is 1010 g/mol. The van der Waals surface area contributed by atoms with Crippen LogP contribution in [-0.4, -0.2) is 65.5 Å². The van der Waals surface area contributed by atoms with Crippen LogP contribution in [0, 0.1) is 0 Å². The van der Waals surface area contributed by atoms with Crippen molar-refractivity contribution in [2.45, 2.75) is 136 Å². The monoisotopic (exact) mass is 1010 g/mol. The van der Waals surface area contributed by atoms with Crippen molar-refractivity contribution in [3.8, 4) is 16.9 Å². The first-order valence-corrected chi connectivity index (χ1v) is 28.9. The number of hydrogen-bond acceptors (Lipinski definition) is 6. The molecule has 2 atom stereocenters. The van der Waals surface area contributed by atoms with Gasteiger partial charge in [-0.2, -0.15) is 0 Å². The zero-order valence-electron chi connectivity index (χ0n) is 42.7. The summed E-state index contributed by atoms with van der Waals surface area (Å²) in [6, 6.07) is 44.5. The van der Waals surface area contributed by atoms with Gasteiger partial charge in [0.25, 0.3) is 5.91 Å². The number of benzene rings is 5. The lowest BCUT2D eigenvalue weighted by Gasteiger charge is -2.40. The lowest BCUT2D eigenvalue weighted by molar-refractivity contribution is -0.146. The number of nitrogens with one attached hydrogen (secondary N) is 1. The molecule has 1 aromatic heterocycles. The largest absolute Gasteiger partial charge is 0.481 e. The van der Waals surface area contributed by atoms with Gasteiger partial charge < -0.3 is 24.3 Å². The number of halogens is 1. The minimum Gasteiger partial charge on any atom is -0.481 e. The van der Waals surface area contributed by atoms with Crippen molar-refractivity contribution in [1.29, 1.82) is 0 Å². The van der Waals surface area contributed by atoms with E-state index in [4.69, 9.17) is 20.8 Å². The summed E-state index contributed by atoms with van der Waals surface area (Å²) in [4.78, 5) is 56.7. The van der Waals surface area contributed by atoms with Crippen LogP contribution < -0.4 is 31.6 Å². The fourth-order valence-electron chi connectivity index (χ4n) is 10.3. The predicted molar refractivity (Wildman–Crippen MR) is 299 cm³/mol. The molecule has 11 heteroatoms. The lowest BCUT2D eigenvalue weighted by Crippen LogP contribution is -2.57. The van der Waals surface area contributed by atoms with Crippen LogP contribution in [0.25, 0.3) is 22.1 Å². The Hall–Kier alpha value is -5.76. The van der Waals surface area contributed by atoms with E-state index in [9.17, 15) is 19.2 Å². The van der Waals surface area contributed by atoms with Crippen LogP contribution in [0.4, 0.5) is 5.69 Å². The highest BCUT2D eigenvalue weighted by Crippen LogP contribution is 2.56. The van der Waals surface area contributed by atoms with Gasteiger partial charge in [0.15, 0.2) is 6.10 Å². The number of hydrogen-bond donors (Lipinski definition) is 1. The summed E-state index contributed by atoms with van der Waals surface area (Å²) in [6.45, 7) is 7.25. The highest BCUT2D eigenvalue weighted by atomic mass is 35.5. The molecule has 3 amide bonds. The molecule has 6 aromatic rings. The second kappa shape index (κ2) is 27.3. The van der Waals surface area contributed by atoms with E-state index < -0.39 is 19.0 Å². The first kappa shape index (κ1) is 54.0. The van der Waals surface area contributed by atoms with E-state index >= 15 is 0 Å². The standard InChI is InChI=1S/C61H73ClN3O6P/c1-4-5-6-7-8-9-10-11-12-13-24-33-58(66)63-48-35-37-53(56(62)42-48)55-44-60(68)71-57-43-49(36-38-54(55)57)70-47(3)61(69)64-39-40-65(46(2)45-64)59(67)34-25-17-26-41-72(50-27-18-14-19-28-50,51-29-20-15-21-30-51)52-31-22-16-23-32-52/h14-16,18-23,27-32,35-38,42-44,46-47H,4-13,17,24-26,33-34,39-41,45H2,1-3H3/p+1/t46-,47+/m0/s1. The summed E-state index contributed by atoms with van der Waals surface area (Å²) in [7, 11) is -1.92. The molecule has 0 saturated carbocycles. The van der Waals surface area contributed by atoms with Crippen LogP contribution in [0.5, 0.6) is 5.75 Å². The van der Waals surface area contributed by atoms with Gasteiger partial charge in [0.2, 0.25) is 11.8 Å². The minimum absolute atomic E-state index is 0.0455. The molecule has 0 unspecified atom stereocenters. The first-order chi connectivity index (χ1) is 35.1. The van der Waals surface area contributed by atoms with E-state index in [0.29, 0.717) is 71.0 Å². The quantitative estimate of drug-likeness (QED) is 0.0329. The molecule has 1 aliphatic heterocycles. The van der Waals surface area contributed by atoms with Crippen molar-refractivity contribution >= 4 is 69.2 Å². The fraction of sp³-hybridized carbons (Fsp3) is 0.410. The van der Waals surface area contributed by atoms with Gasteiger partial charge in [0.1, 0.15) is 34.5 Å². The highest BCUT2D eigenvalue weighted by Gasteiger charge is 2.44. The van der Waals surface area contributed by atoms with E-state index in [1.807, 2.05) is 11.8 Å². The number of rotatable bonds is 26. The summed E-state index contributed by atoms with van der Waals surface area (Å²) in [5.41, 5.74) is 1.53. The molecule has 0 spiro atoms. The molecule has 7 rings (SSSR count). The summed E-state index contributed by atoms with van der Waals surface area (Å²) < 4.78 is 11.8. The third kappa shape index (κ3) is 14.5. The van der Waals surface area contributed by atoms with Crippen molar-refractivity contribution in [1.82, 2.24) is 9.80 Å². The maximum absolute atomic E-state index is 13.8. The molecule has 1 N–H and O–H groups in total. The van der Waals surface area contributed by atoms with Gasteiger partial charge >= 0.3 is 5.63 Å². The number of carbonyl (C=O) groups is 3. The first-order valence-electron chi connectivity index (χ1n) is 26.5. The highest BCUT2D eigenvalue weighted by molar-refractivity contribution is 7.95. The Morgan fingerprint density at radius 2 is 1.25 bits per heavy atom. The number of piperazine rings is 1. The number of amides is 3. The Balaban J connectivity index is 0.871. The zero-order valence-corrected chi connectivity index (χ0v) is 44.3. The number of ether oxygens (including phenoxy) is 1. The van der Waals surface area contributed by atoms with Gasteiger partial charge in [-0.15, -0.1) is 0 Å². The molecule has 0 radical (unpaired) electrons. The maximum atomic E-state index is 13.8. The Morgan fingerprint density at radius 1 is 0.681 bits per heavy atom. The van der Waals surface area contributed by atoms with E-state index in [1.165, 1.54) is 73.3 Å². The third-order valence-electron chi connectivity index (χ3n) is 14.2. The van der Waals surface area contributed by atoms with Crippen LogP contribution in [0.3, 0.4) is 0 Å². The van der Waals surface area contributed by atoms with E-state index in [2.05, 4.69) is 103 Å². The minimum atomic E-state index is -1.92. The van der Waals surface area contributed by atoms with Gasteiger partial charge in [-0.25, -0.2) is 4.79 Å². The summed E-state index contributed by atoms with van der Waals surface area (Å²) in [5, 5.41) is 8.12. The normalized spacial score (nSPS) is 14.3. The van der Waals surface area contributed by atoms with Crippen LogP contribution in [-0.2, 0) is 14.4 Å². The summed E-state index contributed by atoms with van der Waals surface area (Å²) in [5.74, 6) is 0.281. The topological polar surface area (TPSA) is 109 Å². The number of fused-ring (bicyclic) bond motifs is 1. The molecule has 0 bridgehead atoms. The number of unbranched alkanes of at least 4 members (excludes halogenated alkanes) is 12. The smallest absolute Gasteiger partial charge is 0.336 e. The van der Waals surface area contributed by atoms with Gasteiger partial charge in [-0.3, -0.25) is 14.4 Å². The molecule has 9 nitrogen and oxygen atoms in total. The molecule has 5 aromatic carbocycles. The number of anilines is 1. The van der Waals surface area contributed by atoms with Crippen LogP contribution in [0.15, 0.2) is 143 Å². The molecule has 2 heterocycles. The third-order valence-corrected chi connectivity index (χ3v) is 19.0. The Labute approximate surface area is 433 Å². The van der Waals surface area contributed by atoms with Crippen molar-refractivity contribution in [3.05, 3.63) is 149 Å². The molecule has 1 saturated heterocycles. The summed E-state index contributed by atoms with van der Waals surface area (Å²) in [6.07, 6.45) is 17.4. The molecule has 1 fully saturated rings. The Morgan fingerprint density at radius 3 is 1.83 bits per heavy atom. The molecular formula is C61H74ClN3O6P+. The Kier molecular flexibility index (Phi) is 20.5. The van der Waals surface area contributed by atoms with Crippen molar-refractivity contribution in [2.24, 2.45) is 0 Å². The van der Waals surface area contributed by atoms with Crippen LogP contribution in [0.1, 0.15) is 124 Å². The predicted octanol–water partition coefficient (Wildman–Crippen LogP) is 13.1. The zero-order chi connectivity index (χ0) is 50.7. The van der Waals surface area contributed by atoms with E-state index in [-0.39, 0.29) is 23.8 Å². The van der Waals surface area contributed by atoms with Gasteiger partial charge in [0, 0.05) is 72.9 Å². The molecular weight excluding hydrogens is 937 g/mol. The summed E-state index contributed by atoms with van der Waals surface area (Å²) >= 11 is 6.80. The van der Waals surface area contributed by atoms with Gasteiger partial charge in [0.05, 0.1) is 11.2 Å². The van der Waals surface area contributed by atoms with Gasteiger partial charge in [-0.05, 0) is 100 Å². The molecule has 380 valence electrons. The van der Waals surface area contributed by atoms with Crippen molar-refractivity contribution in [3.63, 3.8) is 0 Å². The van der Waals surface area contributed by atoms with Crippen molar-refractivity contribution < 1.29 is 23.5 Å². The molecule has 1 aliphatic rings. The maximum Gasteiger partial charge on any atom is 0.336 e. The number of nitrogens with zero attached hydrogens (tertiary/aromatic N) is 2. The van der Waals surface area contributed by atoms with Gasteiger partial charge in [-0.1, -0.05) is 143 Å². The Bertz CT molecular complexity index is 2640. The average Bonchev–Trinajstić information content (AvgIpc) is 3.39. The second-order valence-corrected chi connectivity index (χ2v) is 23.5. The van der Waals surface area contributed by atoms with E-state index in [1.54, 1.807) is 48.2 Å². The van der Waals surface area contributed by atoms with Crippen LogP contribution >= 0.6 is 18.9 Å². The second-order valence-electron chi connectivity index (χ2n) is 19.5. The molecule has 0 aliphatic carbocycles. The van der Waals surface area contributed by atoms with Crippen molar-refractivity contribution in [2.75, 3.05) is 31.1 Å². The fourth-order valence-corrected chi connectivity index (χ4v) is 15.0. The van der Waals surface area contributed by atoms with E-state index in [0.717, 1.165) is 44.7 Å². The van der Waals surface area contributed by atoms with Crippen LogP contribution in [0.2, 0.25) is 5.02 Å². The molecule has 72 heavy (non-hydrogen) atoms. The SMILES string of the molecule is CCCCCCCCCCCCCC(=O)Nc1ccc(-c2cc(=O)oc3cc(O[C@H](C)C(=O)N4CCN(C(=O)CCCCC[P+](c5ccccc5)(c5ccccc5)c5ccccc5)[C@@H](C)C4)ccc23)c(Cl)c1. The number of carbonyl (C=O) groups excluding carboxylic acids is 3. The lowest BCUT2D eigenvalue weighted by atomic mass is 10.0.